The van der Waals surface area contributed by atoms with Crippen molar-refractivity contribution in [3.63, 3.8) is 0 Å². The zero-order chi connectivity index (χ0) is 14.7. The molecule has 0 amide bonds. The minimum Gasteiger partial charge on any atom is -0.496 e. The van der Waals surface area contributed by atoms with Crippen LogP contribution in [0, 0.1) is 0 Å². The fraction of sp³-hybridized carbons (Fsp3) is 0.286. The highest BCUT2D eigenvalue weighted by atomic mass is 35.5. The number of aliphatic hydroxyl groups is 1. The number of aromatic nitrogens is 2. The Kier molecular flexibility index (Phi) is 4.42. The zero-order valence-corrected chi connectivity index (χ0v) is 12.0. The van der Waals surface area contributed by atoms with Crippen molar-refractivity contribution in [1.29, 1.82) is 0 Å². The molecule has 106 valence electrons. The van der Waals surface area contributed by atoms with Gasteiger partial charge < -0.3 is 9.84 Å². The maximum atomic E-state index is 11.9. The van der Waals surface area contributed by atoms with Crippen LogP contribution in [0.25, 0.3) is 11.3 Å². The van der Waals surface area contributed by atoms with E-state index >= 15 is 0 Å². The quantitative estimate of drug-likeness (QED) is 0.938. The summed E-state index contributed by atoms with van der Waals surface area (Å²) in [6.45, 7) is 1.90. The van der Waals surface area contributed by atoms with Crippen LogP contribution in [0.5, 0.6) is 5.75 Å². The lowest BCUT2D eigenvalue weighted by atomic mass is 10.1. The van der Waals surface area contributed by atoms with Crippen molar-refractivity contribution < 1.29 is 9.84 Å². The van der Waals surface area contributed by atoms with Gasteiger partial charge in [0.25, 0.3) is 5.56 Å². The number of benzene rings is 1. The summed E-state index contributed by atoms with van der Waals surface area (Å²) in [5.74, 6) is 0.604. The summed E-state index contributed by atoms with van der Waals surface area (Å²) in [6, 6.07) is 6.73. The van der Waals surface area contributed by atoms with Gasteiger partial charge in [-0.3, -0.25) is 4.79 Å². The monoisotopic (exact) mass is 294 g/mol. The standard InChI is InChI=1S/C14H15ClN2O3/c1-3-17-14(19)9(8-18)6-12(16-17)11-7-10(15)4-5-13(11)20-2/h4-7,18H,3,8H2,1-2H3. The summed E-state index contributed by atoms with van der Waals surface area (Å²) >= 11 is 6.00. The molecule has 0 saturated heterocycles. The molecule has 1 N–H and O–H groups in total. The first kappa shape index (κ1) is 14.6. The summed E-state index contributed by atoms with van der Waals surface area (Å²) < 4.78 is 6.59. The Morgan fingerprint density at radius 2 is 2.15 bits per heavy atom. The molecule has 0 fully saturated rings. The Bertz CT molecular complexity index is 654. The van der Waals surface area contributed by atoms with E-state index in [4.69, 9.17) is 16.3 Å². The third-order valence-corrected chi connectivity index (χ3v) is 3.19. The van der Waals surface area contributed by atoms with Crippen LogP contribution in [0.1, 0.15) is 12.5 Å². The van der Waals surface area contributed by atoms with Gasteiger partial charge in [0.2, 0.25) is 0 Å². The smallest absolute Gasteiger partial charge is 0.272 e. The number of hydrogen-bond donors (Lipinski definition) is 1. The first-order chi connectivity index (χ1) is 9.60. The lowest BCUT2D eigenvalue weighted by Gasteiger charge is -2.11. The molecule has 1 aromatic heterocycles. The van der Waals surface area contributed by atoms with Gasteiger partial charge in [0.05, 0.1) is 19.4 Å². The Morgan fingerprint density at radius 3 is 2.75 bits per heavy atom. The second-order valence-electron chi connectivity index (χ2n) is 4.18. The average molecular weight is 295 g/mol. The molecule has 5 nitrogen and oxygen atoms in total. The van der Waals surface area contributed by atoms with E-state index in [2.05, 4.69) is 5.10 Å². The van der Waals surface area contributed by atoms with Crippen LogP contribution >= 0.6 is 11.6 Å². The average Bonchev–Trinajstić information content (AvgIpc) is 2.47. The van der Waals surface area contributed by atoms with Crippen molar-refractivity contribution in [2.24, 2.45) is 0 Å². The number of methoxy groups -OCH3 is 1. The molecule has 0 spiro atoms. The molecule has 0 aliphatic heterocycles. The Labute approximate surface area is 121 Å². The molecule has 0 atom stereocenters. The molecule has 2 rings (SSSR count). The topological polar surface area (TPSA) is 64.3 Å². The Morgan fingerprint density at radius 1 is 1.40 bits per heavy atom. The molecule has 2 aromatic rings. The molecular weight excluding hydrogens is 280 g/mol. The summed E-state index contributed by atoms with van der Waals surface area (Å²) in [5.41, 5.74) is 1.21. The third kappa shape index (κ3) is 2.69. The second-order valence-corrected chi connectivity index (χ2v) is 4.61. The van der Waals surface area contributed by atoms with Crippen LogP contribution in [0.3, 0.4) is 0 Å². The van der Waals surface area contributed by atoms with Gasteiger partial charge >= 0.3 is 0 Å². The van der Waals surface area contributed by atoms with Gasteiger partial charge in [0, 0.05) is 22.7 Å². The molecule has 0 aliphatic carbocycles. The molecule has 0 radical (unpaired) electrons. The fourth-order valence-electron chi connectivity index (χ4n) is 1.94. The SMILES string of the molecule is CCn1nc(-c2cc(Cl)ccc2OC)cc(CO)c1=O. The summed E-state index contributed by atoms with van der Waals surface area (Å²) in [6.07, 6.45) is 0. The van der Waals surface area contributed by atoms with Crippen LogP contribution in [0.4, 0.5) is 0 Å². The lowest BCUT2D eigenvalue weighted by molar-refractivity contribution is 0.278. The van der Waals surface area contributed by atoms with Gasteiger partial charge in [-0.15, -0.1) is 0 Å². The lowest BCUT2D eigenvalue weighted by Crippen LogP contribution is -2.26. The van der Waals surface area contributed by atoms with Crippen molar-refractivity contribution >= 4 is 11.6 Å². The van der Waals surface area contributed by atoms with Crippen molar-refractivity contribution in [1.82, 2.24) is 9.78 Å². The highest BCUT2D eigenvalue weighted by Crippen LogP contribution is 2.31. The van der Waals surface area contributed by atoms with E-state index in [1.807, 2.05) is 6.92 Å². The number of halogens is 1. The largest absolute Gasteiger partial charge is 0.496 e. The number of nitrogens with zero attached hydrogens (tertiary/aromatic N) is 2. The molecular formula is C14H15ClN2O3. The first-order valence-corrected chi connectivity index (χ1v) is 6.54. The van der Waals surface area contributed by atoms with E-state index in [1.165, 1.54) is 4.68 Å². The summed E-state index contributed by atoms with van der Waals surface area (Å²) in [5, 5.41) is 14.1. The summed E-state index contributed by atoms with van der Waals surface area (Å²) in [7, 11) is 1.55. The van der Waals surface area contributed by atoms with Gasteiger partial charge in [0.15, 0.2) is 0 Å². The maximum absolute atomic E-state index is 11.9. The van der Waals surface area contributed by atoms with Gasteiger partial charge in [-0.1, -0.05) is 11.6 Å². The number of ether oxygens (including phenoxy) is 1. The van der Waals surface area contributed by atoms with E-state index in [1.54, 1.807) is 31.4 Å². The number of rotatable bonds is 4. The van der Waals surface area contributed by atoms with Gasteiger partial charge in [-0.2, -0.15) is 5.10 Å². The molecule has 1 aromatic carbocycles. The molecule has 0 unspecified atom stereocenters. The molecule has 0 bridgehead atoms. The van der Waals surface area contributed by atoms with Gasteiger partial charge in [-0.25, -0.2) is 4.68 Å². The van der Waals surface area contributed by atoms with Gasteiger partial charge in [0.1, 0.15) is 5.75 Å². The van der Waals surface area contributed by atoms with Crippen molar-refractivity contribution in [2.75, 3.05) is 7.11 Å². The number of aryl methyl sites for hydroxylation is 1. The predicted octanol–water partition coefficient (Wildman–Crippen LogP) is 2.08. The van der Waals surface area contributed by atoms with Crippen LogP contribution in [-0.2, 0) is 13.2 Å². The van der Waals surface area contributed by atoms with E-state index in [-0.39, 0.29) is 12.2 Å². The maximum Gasteiger partial charge on any atom is 0.272 e. The first-order valence-electron chi connectivity index (χ1n) is 6.16. The minimum atomic E-state index is -0.336. The molecule has 0 aliphatic rings. The second kappa shape index (κ2) is 6.07. The van der Waals surface area contributed by atoms with E-state index < -0.39 is 0 Å². The molecule has 0 saturated carbocycles. The summed E-state index contributed by atoms with van der Waals surface area (Å²) in [4.78, 5) is 11.9. The van der Waals surface area contributed by atoms with E-state index in [0.29, 0.717) is 34.1 Å². The minimum absolute atomic E-state index is 0.291. The normalized spacial score (nSPS) is 10.6. The molecule has 20 heavy (non-hydrogen) atoms. The van der Waals surface area contributed by atoms with Crippen LogP contribution < -0.4 is 10.3 Å². The number of aliphatic hydroxyl groups excluding tert-OH is 1. The Balaban J connectivity index is 2.69. The third-order valence-electron chi connectivity index (χ3n) is 2.96. The van der Waals surface area contributed by atoms with Gasteiger partial charge in [-0.05, 0) is 31.2 Å². The van der Waals surface area contributed by atoms with Crippen LogP contribution in [0.15, 0.2) is 29.1 Å². The predicted molar refractivity (Wildman–Crippen MR) is 77.1 cm³/mol. The molecule has 1 heterocycles. The zero-order valence-electron chi connectivity index (χ0n) is 11.3. The highest BCUT2D eigenvalue weighted by molar-refractivity contribution is 6.30. The fourth-order valence-corrected chi connectivity index (χ4v) is 2.11. The van der Waals surface area contributed by atoms with E-state index in [9.17, 15) is 9.90 Å². The van der Waals surface area contributed by atoms with Crippen LogP contribution in [0.2, 0.25) is 5.02 Å². The Hall–Kier alpha value is -1.85. The van der Waals surface area contributed by atoms with Crippen molar-refractivity contribution in [2.45, 2.75) is 20.1 Å². The number of hydrogen-bond acceptors (Lipinski definition) is 4. The van der Waals surface area contributed by atoms with E-state index in [0.717, 1.165) is 0 Å². The highest BCUT2D eigenvalue weighted by Gasteiger charge is 2.13. The van der Waals surface area contributed by atoms with Crippen molar-refractivity contribution in [3.05, 3.63) is 45.2 Å². The van der Waals surface area contributed by atoms with Crippen LogP contribution in [-0.4, -0.2) is 22.0 Å². The molecule has 6 heteroatoms. The van der Waals surface area contributed by atoms with Crippen molar-refractivity contribution in [3.8, 4) is 17.0 Å².